The van der Waals surface area contributed by atoms with Crippen molar-refractivity contribution >= 4 is 21.8 Å². The maximum absolute atomic E-state index is 11.6. The molecule has 22 heavy (non-hydrogen) atoms. The third-order valence-corrected chi connectivity index (χ3v) is 4.12. The summed E-state index contributed by atoms with van der Waals surface area (Å²) in [4.78, 5) is 22.5. The van der Waals surface area contributed by atoms with Crippen molar-refractivity contribution in [1.82, 2.24) is 5.32 Å². The molecular weight excluding hydrogens is 356 g/mol. The fourth-order valence-corrected chi connectivity index (χ4v) is 3.17. The first-order valence-electron chi connectivity index (χ1n) is 6.91. The lowest BCUT2D eigenvalue weighted by Gasteiger charge is -2.27. The molecule has 0 spiro atoms. The minimum absolute atomic E-state index is 0.164. The molecule has 1 aromatic carbocycles. The SMILES string of the molecule is CCOc1cc([C@H]2NC(=O)CC[C@H]2[N+](=O)[O-])cc(Br)c1OC. The zero-order chi connectivity index (χ0) is 16.3. The molecule has 1 fully saturated rings. The van der Waals surface area contributed by atoms with Gasteiger partial charge in [-0.15, -0.1) is 0 Å². The number of nitrogens with one attached hydrogen (secondary N) is 1. The molecule has 0 radical (unpaired) electrons. The molecule has 1 N–H and O–H groups in total. The molecule has 7 nitrogen and oxygen atoms in total. The van der Waals surface area contributed by atoms with Gasteiger partial charge in [-0.05, 0) is 40.5 Å². The monoisotopic (exact) mass is 372 g/mol. The second-order valence-electron chi connectivity index (χ2n) is 4.90. The summed E-state index contributed by atoms with van der Waals surface area (Å²) in [6.07, 6.45) is 0.384. The molecule has 2 rings (SSSR count). The van der Waals surface area contributed by atoms with Gasteiger partial charge in [0.2, 0.25) is 11.9 Å². The number of hydrogen-bond donors (Lipinski definition) is 1. The van der Waals surface area contributed by atoms with Crippen LogP contribution in [0.1, 0.15) is 31.4 Å². The van der Waals surface area contributed by atoms with Gasteiger partial charge < -0.3 is 14.8 Å². The number of piperidine rings is 1. The average Bonchev–Trinajstić information content (AvgIpc) is 2.46. The van der Waals surface area contributed by atoms with E-state index in [0.717, 1.165) is 0 Å². The topological polar surface area (TPSA) is 90.7 Å². The van der Waals surface area contributed by atoms with Crippen LogP contribution in [0.5, 0.6) is 11.5 Å². The van der Waals surface area contributed by atoms with E-state index < -0.39 is 12.1 Å². The lowest BCUT2D eigenvalue weighted by molar-refractivity contribution is -0.529. The number of amides is 1. The van der Waals surface area contributed by atoms with E-state index in [9.17, 15) is 14.9 Å². The van der Waals surface area contributed by atoms with Gasteiger partial charge in [0.15, 0.2) is 11.5 Å². The van der Waals surface area contributed by atoms with E-state index in [1.54, 1.807) is 12.1 Å². The summed E-state index contributed by atoms with van der Waals surface area (Å²) in [7, 11) is 1.52. The Balaban J connectivity index is 2.44. The summed E-state index contributed by atoms with van der Waals surface area (Å²) < 4.78 is 11.4. The highest BCUT2D eigenvalue weighted by atomic mass is 79.9. The van der Waals surface area contributed by atoms with E-state index in [1.165, 1.54) is 7.11 Å². The van der Waals surface area contributed by atoms with E-state index in [2.05, 4.69) is 21.2 Å². The highest BCUT2D eigenvalue weighted by Crippen LogP contribution is 2.39. The number of rotatable bonds is 5. The number of nitro groups is 1. The molecule has 0 saturated carbocycles. The minimum atomic E-state index is -0.854. The first kappa shape index (κ1) is 16.5. The second-order valence-corrected chi connectivity index (χ2v) is 5.76. The van der Waals surface area contributed by atoms with E-state index in [0.29, 0.717) is 28.1 Å². The maximum atomic E-state index is 11.6. The van der Waals surface area contributed by atoms with Crippen molar-refractivity contribution in [2.45, 2.75) is 31.8 Å². The summed E-state index contributed by atoms with van der Waals surface area (Å²) >= 11 is 3.38. The van der Waals surface area contributed by atoms with Crippen LogP contribution in [0, 0.1) is 10.1 Å². The van der Waals surface area contributed by atoms with Crippen LogP contribution >= 0.6 is 15.9 Å². The molecule has 1 aliphatic heterocycles. The molecule has 2 atom stereocenters. The van der Waals surface area contributed by atoms with Crippen LogP contribution in [0.4, 0.5) is 0 Å². The zero-order valence-corrected chi connectivity index (χ0v) is 13.9. The van der Waals surface area contributed by atoms with Crippen LogP contribution in [-0.4, -0.2) is 30.6 Å². The van der Waals surface area contributed by atoms with Crippen LogP contribution < -0.4 is 14.8 Å². The molecule has 0 aliphatic carbocycles. The standard InChI is InChI=1S/C14H17BrN2O5/c1-3-22-11-7-8(6-9(15)14(11)21-2)13-10(17(19)20)4-5-12(18)16-13/h6-7,10,13H,3-5H2,1-2H3,(H,16,18)/t10-,13-/m1/s1. The lowest BCUT2D eigenvalue weighted by atomic mass is 9.92. The third-order valence-electron chi connectivity index (χ3n) is 3.53. The Kier molecular flexibility index (Phi) is 5.23. The number of carbonyl (C=O) groups excluding carboxylic acids is 1. The molecule has 0 bridgehead atoms. The highest BCUT2D eigenvalue weighted by Gasteiger charge is 2.38. The number of methoxy groups -OCH3 is 1. The molecular formula is C14H17BrN2O5. The van der Waals surface area contributed by atoms with Crippen molar-refractivity contribution in [1.29, 1.82) is 0 Å². The van der Waals surface area contributed by atoms with Crippen molar-refractivity contribution < 1.29 is 19.2 Å². The summed E-state index contributed by atoms with van der Waals surface area (Å²) in [5, 5.41) is 14.0. The largest absolute Gasteiger partial charge is 0.492 e. The molecule has 0 unspecified atom stereocenters. The normalized spacial score (nSPS) is 21.1. The quantitative estimate of drug-likeness (QED) is 0.633. The van der Waals surface area contributed by atoms with Gasteiger partial charge in [0.05, 0.1) is 18.2 Å². The van der Waals surface area contributed by atoms with E-state index in [4.69, 9.17) is 9.47 Å². The summed E-state index contributed by atoms with van der Waals surface area (Å²) in [5.74, 6) is 0.815. The second kappa shape index (κ2) is 6.95. The number of halogens is 1. The Hall–Kier alpha value is -1.83. The van der Waals surface area contributed by atoms with Gasteiger partial charge in [-0.1, -0.05) is 0 Å². The van der Waals surface area contributed by atoms with Crippen molar-refractivity contribution in [3.05, 3.63) is 32.3 Å². The lowest BCUT2D eigenvalue weighted by Crippen LogP contribution is -2.45. The Bertz CT molecular complexity index is 593. The van der Waals surface area contributed by atoms with Gasteiger partial charge in [-0.25, -0.2) is 0 Å². The van der Waals surface area contributed by atoms with Crippen LogP contribution in [-0.2, 0) is 4.79 Å². The fourth-order valence-electron chi connectivity index (χ4n) is 2.55. The molecule has 1 aliphatic rings. The van der Waals surface area contributed by atoms with Gasteiger partial charge >= 0.3 is 0 Å². The van der Waals surface area contributed by atoms with Crippen LogP contribution in [0.15, 0.2) is 16.6 Å². The molecule has 8 heteroatoms. The van der Waals surface area contributed by atoms with Gasteiger partial charge in [0, 0.05) is 17.8 Å². The minimum Gasteiger partial charge on any atom is -0.492 e. The highest BCUT2D eigenvalue weighted by molar-refractivity contribution is 9.10. The predicted molar refractivity (Wildman–Crippen MR) is 82.8 cm³/mol. The smallest absolute Gasteiger partial charge is 0.237 e. The molecule has 120 valence electrons. The number of carbonyl (C=O) groups is 1. The predicted octanol–water partition coefficient (Wildman–Crippen LogP) is 2.45. The Morgan fingerprint density at radius 1 is 1.50 bits per heavy atom. The molecule has 1 saturated heterocycles. The third kappa shape index (κ3) is 3.32. The summed E-state index contributed by atoms with van der Waals surface area (Å²) in [6, 6.07) is 1.86. The van der Waals surface area contributed by atoms with Crippen LogP contribution in [0.3, 0.4) is 0 Å². The van der Waals surface area contributed by atoms with Gasteiger partial charge in [-0.3, -0.25) is 14.9 Å². The van der Waals surface area contributed by atoms with Gasteiger partial charge in [0.1, 0.15) is 6.04 Å². The molecule has 1 amide bonds. The number of hydrogen-bond acceptors (Lipinski definition) is 5. The van der Waals surface area contributed by atoms with E-state index in [1.807, 2.05) is 6.92 Å². The molecule has 1 heterocycles. The number of benzene rings is 1. The van der Waals surface area contributed by atoms with Crippen molar-refractivity contribution in [3.63, 3.8) is 0 Å². The summed E-state index contributed by atoms with van der Waals surface area (Å²) in [5.41, 5.74) is 0.617. The maximum Gasteiger partial charge on any atom is 0.237 e. The van der Waals surface area contributed by atoms with E-state index in [-0.39, 0.29) is 23.7 Å². The first-order chi connectivity index (χ1) is 10.5. The van der Waals surface area contributed by atoms with Crippen molar-refractivity contribution in [3.8, 4) is 11.5 Å². The summed E-state index contributed by atoms with van der Waals surface area (Å²) in [6.45, 7) is 2.27. The molecule has 1 aromatic rings. The van der Waals surface area contributed by atoms with Gasteiger partial charge in [0.25, 0.3) is 0 Å². The first-order valence-corrected chi connectivity index (χ1v) is 7.70. The Morgan fingerprint density at radius 3 is 2.82 bits per heavy atom. The average molecular weight is 373 g/mol. The zero-order valence-electron chi connectivity index (χ0n) is 12.3. The number of ether oxygens (including phenoxy) is 2. The van der Waals surface area contributed by atoms with Crippen LogP contribution in [0.25, 0.3) is 0 Å². The van der Waals surface area contributed by atoms with Crippen LogP contribution in [0.2, 0.25) is 0 Å². The number of nitrogens with zero attached hydrogens (tertiary/aromatic N) is 1. The van der Waals surface area contributed by atoms with Crippen molar-refractivity contribution in [2.75, 3.05) is 13.7 Å². The van der Waals surface area contributed by atoms with E-state index >= 15 is 0 Å². The molecule has 0 aromatic heterocycles. The van der Waals surface area contributed by atoms with Gasteiger partial charge in [-0.2, -0.15) is 0 Å². The Labute approximate surface area is 136 Å². The van der Waals surface area contributed by atoms with Crippen molar-refractivity contribution in [2.24, 2.45) is 0 Å². The Morgan fingerprint density at radius 2 is 2.23 bits per heavy atom. The fraction of sp³-hybridized carbons (Fsp3) is 0.500.